The molecule has 3 aliphatic carbocycles. The van der Waals surface area contributed by atoms with E-state index in [9.17, 15) is 31.5 Å². The molecule has 0 radical (unpaired) electrons. The van der Waals surface area contributed by atoms with Crippen LogP contribution in [0.5, 0.6) is 0 Å². The summed E-state index contributed by atoms with van der Waals surface area (Å²) < 4.78 is 66.9. The Morgan fingerprint density at radius 2 is 1.74 bits per heavy atom. The van der Waals surface area contributed by atoms with E-state index in [1.165, 1.54) is 6.07 Å². The first-order valence-corrected chi connectivity index (χ1v) is 14.3. The van der Waals surface area contributed by atoms with Crippen LogP contribution < -0.4 is 16.1 Å². The van der Waals surface area contributed by atoms with Gasteiger partial charge in [0.25, 0.3) is 5.91 Å². The lowest BCUT2D eigenvalue weighted by Gasteiger charge is -2.38. The standard InChI is InChI=1S/C27H32F5N7O3/c1-13-19(39-42-38-13)23(40)36-20(18(14-2-3-14)15-4-5-15)22-34-16-6-7-17(35-21(16)37-22)25(8-10-26(28,29)11-9-25)24(41)33-12-27(30,31)32/h6-7,13-15,18,20,38H,2-5,8-12H2,1H3,(H,33,41)(H,36,40)(H,34,35,37). The Morgan fingerprint density at radius 3 is 2.31 bits per heavy atom. The fourth-order valence-corrected chi connectivity index (χ4v) is 6.30. The Morgan fingerprint density at radius 1 is 1.07 bits per heavy atom. The summed E-state index contributed by atoms with van der Waals surface area (Å²) in [7, 11) is 0. The normalized spacial score (nSPS) is 24.3. The number of alkyl halides is 5. The van der Waals surface area contributed by atoms with Gasteiger partial charge in [0, 0.05) is 12.8 Å². The maximum atomic E-state index is 14.1. The third-order valence-corrected chi connectivity index (χ3v) is 8.89. The van der Waals surface area contributed by atoms with Crippen molar-refractivity contribution in [2.45, 2.75) is 87.9 Å². The molecule has 2 aromatic rings. The SMILES string of the molecule is CC1NON=C1C(=O)NC(c1nc2nc(C3(C(=O)NCC(F)(F)F)CCC(F)(F)CC3)ccc2[nH]1)C(C1CC1)C1CC1. The minimum absolute atomic E-state index is 0.0853. The van der Waals surface area contributed by atoms with Crippen molar-refractivity contribution in [3.05, 3.63) is 23.7 Å². The first kappa shape index (κ1) is 28.7. The van der Waals surface area contributed by atoms with Crippen molar-refractivity contribution >= 4 is 28.7 Å². The quantitative estimate of drug-likeness (QED) is 0.324. The van der Waals surface area contributed by atoms with Crippen LogP contribution in [0.4, 0.5) is 22.0 Å². The topological polar surface area (TPSA) is 133 Å². The second kappa shape index (κ2) is 10.4. The van der Waals surface area contributed by atoms with Crippen molar-refractivity contribution in [2.75, 3.05) is 6.54 Å². The molecule has 6 rings (SSSR count). The number of halogens is 5. The third-order valence-electron chi connectivity index (χ3n) is 8.89. The van der Waals surface area contributed by atoms with Gasteiger partial charge in [0.2, 0.25) is 11.8 Å². The molecule has 3 fully saturated rings. The number of amides is 2. The van der Waals surface area contributed by atoms with Gasteiger partial charge in [-0.2, -0.15) is 13.2 Å². The lowest BCUT2D eigenvalue weighted by Crippen LogP contribution is -2.50. The van der Waals surface area contributed by atoms with Gasteiger partial charge in [-0.15, -0.1) is 5.48 Å². The highest BCUT2D eigenvalue weighted by Crippen LogP contribution is 2.54. The fraction of sp³-hybridized carbons (Fsp3) is 0.667. The van der Waals surface area contributed by atoms with Gasteiger partial charge in [0.05, 0.1) is 28.7 Å². The van der Waals surface area contributed by atoms with E-state index in [1.54, 1.807) is 13.0 Å². The average Bonchev–Trinajstić information content (AvgIpc) is 3.86. The number of aromatic amines is 1. The van der Waals surface area contributed by atoms with Gasteiger partial charge in [-0.1, -0.05) is 5.16 Å². The molecule has 4 N–H and O–H groups in total. The van der Waals surface area contributed by atoms with Crippen LogP contribution in [0.25, 0.3) is 11.2 Å². The molecule has 4 aliphatic rings. The van der Waals surface area contributed by atoms with Gasteiger partial charge < -0.3 is 15.6 Å². The maximum absolute atomic E-state index is 14.1. The van der Waals surface area contributed by atoms with Gasteiger partial charge in [-0.3, -0.25) is 14.5 Å². The minimum Gasteiger partial charge on any atom is -0.346 e. The zero-order chi connectivity index (χ0) is 29.9. The van der Waals surface area contributed by atoms with Crippen molar-refractivity contribution in [3.8, 4) is 0 Å². The van der Waals surface area contributed by atoms with Crippen LogP contribution in [-0.2, 0) is 19.9 Å². The Bertz CT molecular complexity index is 1380. The number of hydroxylamine groups is 1. The van der Waals surface area contributed by atoms with E-state index in [0.717, 1.165) is 25.7 Å². The van der Waals surface area contributed by atoms with Crippen LogP contribution in [0.1, 0.15) is 75.9 Å². The molecule has 3 saturated carbocycles. The summed E-state index contributed by atoms with van der Waals surface area (Å²) in [6, 6.07) is 2.17. The number of hydrogen-bond donors (Lipinski definition) is 4. The zero-order valence-electron chi connectivity index (χ0n) is 22.9. The van der Waals surface area contributed by atoms with Crippen molar-refractivity contribution < 1.29 is 36.5 Å². The van der Waals surface area contributed by atoms with Gasteiger partial charge >= 0.3 is 6.18 Å². The number of nitrogens with one attached hydrogen (secondary N) is 4. The van der Waals surface area contributed by atoms with E-state index in [4.69, 9.17) is 4.94 Å². The van der Waals surface area contributed by atoms with Gasteiger partial charge in [0.1, 0.15) is 12.4 Å². The van der Waals surface area contributed by atoms with E-state index >= 15 is 0 Å². The van der Waals surface area contributed by atoms with Gasteiger partial charge in [-0.25, -0.2) is 18.7 Å². The van der Waals surface area contributed by atoms with Crippen molar-refractivity contribution in [2.24, 2.45) is 22.9 Å². The van der Waals surface area contributed by atoms with Gasteiger partial charge in [0.15, 0.2) is 11.4 Å². The molecule has 2 unspecified atom stereocenters. The molecule has 1 aliphatic heterocycles. The molecule has 0 bridgehead atoms. The number of rotatable bonds is 9. The first-order valence-electron chi connectivity index (χ1n) is 14.3. The molecule has 0 spiro atoms. The number of aromatic nitrogens is 3. The summed E-state index contributed by atoms with van der Waals surface area (Å²) in [5.41, 5.74) is 1.91. The van der Waals surface area contributed by atoms with Gasteiger partial charge in [-0.05, 0) is 75.3 Å². The largest absolute Gasteiger partial charge is 0.405 e. The molecule has 2 amide bonds. The second-order valence-corrected chi connectivity index (χ2v) is 12.0. The zero-order valence-corrected chi connectivity index (χ0v) is 22.9. The van der Waals surface area contributed by atoms with Crippen LogP contribution >= 0.6 is 0 Å². The smallest absolute Gasteiger partial charge is 0.346 e. The molecule has 0 aromatic carbocycles. The molecule has 42 heavy (non-hydrogen) atoms. The predicted molar refractivity (Wildman–Crippen MR) is 139 cm³/mol. The lowest BCUT2D eigenvalue weighted by molar-refractivity contribution is -0.145. The van der Waals surface area contributed by atoms with Crippen molar-refractivity contribution in [1.82, 2.24) is 31.1 Å². The molecule has 0 saturated heterocycles. The lowest BCUT2D eigenvalue weighted by atomic mass is 9.69. The number of oxime groups is 1. The van der Waals surface area contributed by atoms with Crippen LogP contribution in [0.2, 0.25) is 0 Å². The number of hydrogen-bond acceptors (Lipinski definition) is 7. The Hall–Kier alpha value is -3.36. The molecule has 3 heterocycles. The monoisotopic (exact) mass is 597 g/mol. The van der Waals surface area contributed by atoms with Crippen LogP contribution in [-0.4, -0.2) is 57.2 Å². The number of nitrogens with zero attached hydrogens (tertiary/aromatic N) is 3. The molecular weight excluding hydrogens is 565 g/mol. The van der Waals surface area contributed by atoms with E-state index in [1.807, 2.05) is 5.32 Å². The number of H-pyrrole nitrogens is 1. The fourth-order valence-electron chi connectivity index (χ4n) is 6.30. The highest BCUT2D eigenvalue weighted by Gasteiger charge is 2.51. The van der Waals surface area contributed by atoms with E-state index in [-0.39, 0.29) is 35.8 Å². The van der Waals surface area contributed by atoms with E-state index < -0.39 is 60.8 Å². The predicted octanol–water partition coefficient (Wildman–Crippen LogP) is 3.96. The van der Waals surface area contributed by atoms with Crippen LogP contribution in [0.3, 0.4) is 0 Å². The highest BCUT2D eigenvalue weighted by atomic mass is 19.4. The number of pyridine rings is 1. The summed E-state index contributed by atoms with van der Waals surface area (Å²) in [5.74, 6) is -3.00. The molecule has 228 valence electrons. The summed E-state index contributed by atoms with van der Waals surface area (Å²) in [6.45, 7) is 0.169. The highest BCUT2D eigenvalue weighted by molar-refractivity contribution is 6.40. The van der Waals surface area contributed by atoms with E-state index in [2.05, 4.69) is 30.9 Å². The summed E-state index contributed by atoms with van der Waals surface area (Å²) >= 11 is 0. The van der Waals surface area contributed by atoms with E-state index in [0.29, 0.717) is 23.2 Å². The average molecular weight is 598 g/mol. The molecular formula is C27H32F5N7O3. The molecule has 10 nitrogen and oxygen atoms in total. The summed E-state index contributed by atoms with van der Waals surface area (Å²) in [4.78, 5) is 43.7. The number of carbonyl (C=O) groups excluding carboxylic acids is 2. The summed E-state index contributed by atoms with van der Waals surface area (Å²) in [6.07, 6.45) is -2.53. The Labute approximate surface area is 237 Å². The third kappa shape index (κ3) is 5.79. The molecule has 15 heteroatoms. The Kier molecular flexibility index (Phi) is 7.13. The number of imidazole rings is 1. The molecule has 2 atom stereocenters. The second-order valence-electron chi connectivity index (χ2n) is 12.0. The molecule has 2 aromatic heterocycles. The Balaban J connectivity index is 1.33. The maximum Gasteiger partial charge on any atom is 0.405 e. The first-order chi connectivity index (χ1) is 19.9. The van der Waals surface area contributed by atoms with Crippen LogP contribution in [0, 0.1) is 17.8 Å². The van der Waals surface area contributed by atoms with Crippen LogP contribution in [0.15, 0.2) is 17.3 Å². The summed E-state index contributed by atoms with van der Waals surface area (Å²) in [5, 5.41) is 8.78. The van der Waals surface area contributed by atoms with Crippen molar-refractivity contribution in [1.29, 1.82) is 0 Å². The number of fused-ring (bicyclic) bond motifs is 1. The number of carbonyl (C=O) groups is 2. The van der Waals surface area contributed by atoms with Crippen molar-refractivity contribution in [3.63, 3.8) is 0 Å². The minimum atomic E-state index is -4.66.